The first-order valence-corrected chi connectivity index (χ1v) is 14.3. The summed E-state index contributed by atoms with van der Waals surface area (Å²) in [5.41, 5.74) is 2.24. The summed E-state index contributed by atoms with van der Waals surface area (Å²) in [6.45, 7) is 9.47. The van der Waals surface area contributed by atoms with Gasteiger partial charge in [-0.3, -0.25) is 14.4 Å². The molecule has 1 unspecified atom stereocenters. The van der Waals surface area contributed by atoms with E-state index in [0.717, 1.165) is 47.4 Å². The lowest BCUT2D eigenvalue weighted by Gasteiger charge is -2.32. The summed E-state index contributed by atoms with van der Waals surface area (Å²) in [7, 11) is 2.13. The van der Waals surface area contributed by atoms with Crippen molar-refractivity contribution in [1.82, 2.24) is 20.1 Å². The van der Waals surface area contributed by atoms with E-state index in [1.807, 2.05) is 26.0 Å². The highest BCUT2D eigenvalue weighted by atomic mass is 32.1. The van der Waals surface area contributed by atoms with Crippen molar-refractivity contribution < 1.29 is 23.5 Å². The van der Waals surface area contributed by atoms with Crippen LogP contribution in [0.25, 0.3) is 11.3 Å². The molecule has 0 bridgehead atoms. The van der Waals surface area contributed by atoms with Crippen LogP contribution in [0.4, 0.5) is 9.52 Å². The Bertz CT molecular complexity index is 1230. The van der Waals surface area contributed by atoms with Gasteiger partial charge >= 0.3 is 0 Å². The van der Waals surface area contributed by atoms with Crippen LogP contribution in [-0.2, 0) is 14.3 Å². The summed E-state index contributed by atoms with van der Waals surface area (Å²) in [5, 5.41) is 3.86. The van der Waals surface area contributed by atoms with E-state index in [0.29, 0.717) is 12.0 Å². The molecular formula is C28H36FN5O4S. The fourth-order valence-electron chi connectivity index (χ4n) is 5.52. The number of halogens is 1. The Morgan fingerprint density at radius 2 is 1.87 bits per heavy atom. The number of Topliss-reactive ketones (excluding diaryl/α,β-unsaturated/α-hetero) is 1. The van der Waals surface area contributed by atoms with Gasteiger partial charge in [0.05, 0.1) is 12.2 Å². The molecule has 3 saturated heterocycles. The maximum absolute atomic E-state index is 14.5. The second-order valence-corrected chi connectivity index (χ2v) is 12.3. The number of ether oxygens (including phenoxy) is 1. The summed E-state index contributed by atoms with van der Waals surface area (Å²) < 4.78 is 19.8. The highest BCUT2D eigenvalue weighted by Gasteiger charge is 2.53. The third-order valence-corrected chi connectivity index (χ3v) is 8.73. The summed E-state index contributed by atoms with van der Waals surface area (Å²) >= 11 is 1.68. The van der Waals surface area contributed by atoms with E-state index in [9.17, 15) is 18.8 Å². The highest BCUT2D eigenvalue weighted by molar-refractivity contribution is 7.16. The number of piperazine rings is 1. The summed E-state index contributed by atoms with van der Waals surface area (Å²) in [6, 6.07) is 5.41. The van der Waals surface area contributed by atoms with Crippen LogP contribution in [0.2, 0.25) is 0 Å². The van der Waals surface area contributed by atoms with E-state index in [2.05, 4.69) is 29.1 Å². The van der Waals surface area contributed by atoms with Crippen molar-refractivity contribution in [2.24, 2.45) is 5.92 Å². The molecule has 0 radical (unpaired) electrons. The van der Waals surface area contributed by atoms with E-state index in [1.54, 1.807) is 23.5 Å². The van der Waals surface area contributed by atoms with Crippen LogP contribution in [0.5, 0.6) is 0 Å². The second kappa shape index (κ2) is 11.3. The molecule has 9 nitrogen and oxygen atoms in total. The minimum atomic E-state index is -1.42. The van der Waals surface area contributed by atoms with Gasteiger partial charge in [-0.2, -0.15) is 0 Å². The Morgan fingerprint density at radius 3 is 2.54 bits per heavy atom. The van der Waals surface area contributed by atoms with Crippen LogP contribution in [0, 0.1) is 12.8 Å². The number of likely N-dealkylation sites (N-methyl/N-ethyl adjacent to an activating group) is 1. The lowest BCUT2D eigenvalue weighted by Crippen LogP contribution is -2.52. The van der Waals surface area contributed by atoms with E-state index in [4.69, 9.17) is 9.72 Å². The number of nitrogens with one attached hydrogen (secondary N) is 1. The van der Waals surface area contributed by atoms with Gasteiger partial charge in [-0.25, -0.2) is 9.37 Å². The Kier molecular flexibility index (Phi) is 8.02. The molecule has 11 heteroatoms. The van der Waals surface area contributed by atoms with Gasteiger partial charge in [0.1, 0.15) is 31.0 Å². The Hall–Kier alpha value is -2.89. The molecule has 0 saturated carbocycles. The zero-order chi connectivity index (χ0) is 27.8. The summed E-state index contributed by atoms with van der Waals surface area (Å²) in [5.74, 6) is -1.04. The number of nitrogens with zero attached hydrogens (tertiary/aromatic N) is 4. The van der Waals surface area contributed by atoms with Gasteiger partial charge in [0.25, 0.3) is 5.91 Å². The Morgan fingerprint density at radius 1 is 1.18 bits per heavy atom. The molecule has 1 aromatic carbocycles. The quantitative estimate of drug-likeness (QED) is 0.559. The molecule has 0 spiro atoms. The van der Waals surface area contributed by atoms with Crippen molar-refractivity contribution in [2.75, 3.05) is 51.3 Å². The van der Waals surface area contributed by atoms with E-state index >= 15 is 0 Å². The number of likely N-dealkylation sites (tertiary alicyclic amines) is 1. The fourth-order valence-corrected chi connectivity index (χ4v) is 6.50. The molecule has 4 atom stereocenters. The first-order chi connectivity index (χ1) is 18.6. The fraction of sp³-hybridized carbons (Fsp3) is 0.571. The standard InChI is InChI=1S/C28H36FN5O4S/c1-16(2)13-21(27(37)34-14-20(29)25-24(34)22(35)15-38-25)30-26(36)19-7-5-18(6-8-19)23-17(3)39-28(31-23)33-11-9-32(4)10-12-33/h5-8,16,20-21,24-25H,9-15H2,1-4H3,(H,30,36)/t20-,21?,24+,25+/m0/s1. The number of hydrogen-bond acceptors (Lipinski definition) is 8. The van der Waals surface area contributed by atoms with Crippen LogP contribution in [0.15, 0.2) is 24.3 Å². The van der Waals surface area contributed by atoms with Crippen LogP contribution in [0.3, 0.4) is 0 Å². The molecule has 210 valence electrons. The molecule has 3 aliphatic heterocycles. The van der Waals surface area contributed by atoms with Crippen LogP contribution in [0.1, 0.15) is 35.5 Å². The predicted molar refractivity (Wildman–Crippen MR) is 148 cm³/mol. The van der Waals surface area contributed by atoms with Gasteiger partial charge < -0.3 is 24.8 Å². The average molecular weight is 558 g/mol. The van der Waals surface area contributed by atoms with E-state index in [-0.39, 0.29) is 24.9 Å². The molecule has 1 aromatic heterocycles. The normalized spacial score (nSPS) is 24.4. The lowest BCUT2D eigenvalue weighted by atomic mass is 10.0. The van der Waals surface area contributed by atoms with Crippen molar-refractivity contribution in [2.45, 2.75) is 51.6 Å². The first-order valence-electron chi connectivity index (χ1n) is 13.5. The molecule has 4 heterocycles. The number of aryl methyl sites for hydroxylation is 1. The molecule has 5 rings (SSSR count). The van der Waals surface area contributed by atoms with E-state index in [1.165, 1.54) is 4.90 Å². The number of amides is 2. The zero-order valence-corrected chi connectivity index (χ0v) is 23.7. The third kappa shape index (κ3) is 5.71. The minimum Gasteiger partial charge on any atom is -0.365 e. The van der Waals surface area contributed by atoms with Crippen molar-refractivity contribution in [3.63, 3.8) is 0 Å². The molecule has 3 fully saturated rings. The van der Waals surface area contributed by atoms with Crippen molar-refractivity contribution in [1.29, 1.82) is 0 Å². The van der Waals surface area contributed by atoms with Gasteiger partial charge in [0.15, 0.2) is 10.9 Å². The monoisotopic (exact) mass is 557 g/mol. The first kappa shape index (κ1) is 27.7. The van der Waals surface area contributed by atoms with Crippen LogP contribution >= 0.6 is 11.3 Å². The highest BCUT2D eigenvalue weighted by Crippen LogP contribution is 2.33. The largest absolute Gasteiger partial charge is 0.365 e. The van der Waals surface area contributed by atoms with E-state index < -0.39 is 36.2 Å². The lowest BCUT2D eigenvalue weighted by molar-refractivity contribution is -0.138. The molecule has 3 aliphatic rings. The number of hydrogen-bond donors (Lipinski definition) is 1. The van der Waals surface area contributed by atoms with Gasteiger partial charge in [0.2, 0.25) is 5.91 Å². The predicted octanol–water partition coefficient (Wildman–Crippen LogP) is 2.53. The van der Waals surface area contributed by atoms with Crippen molar-refractivity contribution in [3.05, 3.63) is 34.7 Å². The topological polar surface area (TPSA) is 95.1 Å². The van der Waals surface area contributed by atoms with Gasteiger partial charge in [-0.15, -0.1) is 11.3 Å². The number of ketones is 1. The average Bonchev–Trinajstić information content (AvgIpc) is 3.58. The van der Waals surface area contributed by atoms with Gasteiger partial charge in [-0.05, 0) is 38.4 Å². The van der Waals surface area contributed by atoms with Crippen molar-refractivity contribution in [3.8, 4) is 11.3 Å². The number of rotatable bonds is 7. The number of aromatic nitrogens is 1. The molecule has 2 amide bonds. The third-order valence-electron chi connectivity index (χ3n) is 7.70. The number of fused-ring (bicyclic) bond motifs is 1. The Balaban J connectivity index is 1.28. The SMILES string of the molecule is Cc1sc(N2CCN(C)CC2)nc1-c1ccc(C(=O)NC(CC(C)C)C(=O)N2C[C@H](F)[C@H]3OCC(=O)[C@H]32)cc1. The molecule has 0 aliphatic carbocycles. The maximum atomic E-state index is 14.5. The number of carbonyl (C=O) groups excluding carboxylic acids is 3. The second-order valence-electron chi connectivity index (χ2n) is 11.1. The summed E-state index contributed by atoms with van der Waals surface area (Å²) in [6.07, 6.45) is -1.97. The summed E-state index contributed by atoms with van der Waals surface area (Å²) in [4.78, 5) is 50.8. The maximum Gasteiger partial charge on any atom is 0.251 e. The molecule has 2 aromatic rings. The number of benzene rings is 1. The van der Waals surface area contributed by atoms with Crippen LogP contribution < -0.4 is 10.2 Å². The number of anilines is 1. The Labute approximate surface area is 232 Å². The van der Waals surface area contributed by atoms with Crippen LogP contribution in [-0.4, -0.2) is 103 Å². The number of thiazole rings is 1. The smallest absolute Gasteiger partial charge is 0.251 e. The van der Waals surface area contributed by atoms with Crippen molar-refractivity contribution >= 4 is 34.1 Å². The minimum absolute atomic E-state index is 0.0962. The molecule has 39 heavy (non-hydrogen) atoms. The van der Waals surface area contributed by atoms with Gasteiger partial charge in [0, 0.05) is 42.2 Å². The molecular weight excluding hydrogens is 521 g/mol. The molecule has 1 N–H and O–H groups in total. The number of carbonyl (C=O) groups is 3. The van der Waals surface area contributed by atoms with Gasteiger partial charge in [-0.1, -0.05) is 26.0 Å². The number of alkyl halides is 1. The zero-order valence-electron chi connectivity index (χ0n) is 22.9.